The number of halogens is 1. The second-order valence-corrected chi connectivity index (χ2v) is 7.31. The van der Waals surface area contributed by atoms with Gasteiger partial charge in [0.2, 0.25) is 0 Å². The van der Waals surface area contributed by atoms with Gasteiger partial charge in [0.1, 0.15) is 11.6 Å². The molecule has 3 aromatic rings. The minimum atomic E-state index is -0.396. The molecular formula is C23H17FN2O2S. The molecule has 1 fully saturated rings. The maximum absolute atomic E-state index is 14.7. The summed E-state index contributed by atoms with van der Waals surface area (Å²) in [5, 5.41) is 3.19. The highest BCUT2D eigenvalue weighted by molar-refractivity contribution is 8.18. The maximum atomic E-state index is 14.7. The summed E-state index contributed by atoms with van der Waals surface area (Å²) in [6, 6.07) is 21.7. The molecule has 0 saturated carbocycles. The third kappa shape index (κ3) is 4.38. The Morgan fingerprint density at radius 2 is 1.72 bits per heavy atom. The van der Waals surface area contributed by atoms with E-state index < -0.39 is 5.82 Å². The topological polar surface area (TPSA) is 50.7 Å². The van der Waals surface area contributed by atoms with Crippen LogP contribution >= 0.6 is 11.8 Å². The highest BCUT2D eigenvalue weighted by atomic mass is 32.2. The molecule has 0 spiro atoms. The van der Waals surface area contributed by atoms with Gasteiger partial charge in [0.15, 0.2) is 5.17 Å². The number of methoxy groups -OCH3 is 1. The Hall–Kier alpha value is -3.38. The first kappa shape index (κ1) is 19.0. The van der Waals surface area contributed by atoms with Gasteiger partial charge in [-0.15, -0.1) is 0 Å². The van der Waals surface area contributed by atoms with E-state index in [1.165, 1.54) is 17.8 Å². The molecule has 4 nitrogen and oxygen atoms in total. The fourth-order valence-corrected chi connectivity index (χ4v) is 3.68. The van der Waals surface area contributed by atoms with E-state index in [1.807, 2.05) is 60.7 Å². The van der Waals surface area contributed by atoms with Crippen molar-refractivity contribution in [1.29, 1.82) is 0 Å². The van der Waals surface area contributed by atoms with Gasteiger partial charge < -0.3 is 10.1 Å². The average Bonchev–Trinajstić information content (AvgIpc) is 3.09. The van der Waals surface area contributed by atoms with Crippen molar-refractivity contribution < 1.29 is 13.9 Å². The van der Waals surface area contributed by atoms with Crippen molar-refractivity contribution in [2.75, 3.05) is 7.11 Å². The lowest BCUT2D eigenvalue weighted by molar-refractivity contribution is -0.115. The first-order valence-electron chi connectivity index (χ1n) is 8.91. The van der Waals surface area contributed by atoms with Crippen LogP contribution in [0.3, 0.4) is 0 Å². The van der Waals surface area contributed by atoms with Crippen LogP contribution < -0.4 is 10.1 Å². The molecule has 1 aliphatic heterocycles. The van der Waals surface area contributed by atoms with Crippen LogP contribution in [0.15, 0.2) is 82.7 Å². The van der Waals surface area contributed by atoms with Crippen LogP contribution in [0.5, 0.6) is 5.75 Å². The van der Waals surface area contributed by atoms with Crippen molar-refractivity contribution in [3.63, 3.8) is 0 Å². The summed E-state index contributed by atoms with van der Waals surface area (Å²) < 4.78 is 19.8. The second-order valence-electron chi connectivity index (χ2n) is 6.28. The Bertz CT molecular complexity index is 1110. The number of aliphatic imine (C=N–C) groups is 1. The van der Waals surface area contributed by atoms with Crippen molar-refractivity contribution in [3.8, 4) is 16.9 Å². The van der Waals surface area contributed by atoms with Crippen molar-refractivity contribution in [1.82, 2.24) is 5.32 Å². The number of para-hydroxylation sites is 1. The summed E-state index contributed by atoms with van der Waals surface area (Å²) >= 11 is 1.19. The highest BCUT2D eigenvalue weighted by Gasteiger charge is 2.24. The minimum absolute atomic E-state index is 0.289. The molecule has 144 valence electrons. The predicted octanol–water partition coefficient (Wildman–Crippen LogP) is 5.39. The Balaban J connectivity index is 1.56. The summed E-state index contributed by atoms with van der Waals surface area (Å²) in [5.41, 5.74) is 2.73. The van der Waals surface area contributed by atoms with Crippen molar-refractivity contribution in [2.45, 2.75) is 0 Å². The molecule has 1 saturated heterocycles. The summed E-state index contributed by atoms with van der Waals surface area (Å²) in [4.78, 5) is 17.0. The van der Waals surface area contributed by atoms with Crippen LogP contribution in [0.2, 0.25) is 0 Å². The zero-order valence-corrected chi connectivity index (χ0v) is 16.4. The first-order valence-corrected chi connectivity index (χ1v) is 9.72. The van der Waals surface area contributed by atoms with E-state index in [0.717, 1.165) is 22.6 Å². The molecule has 1 amide bonds. The number of amides is 1. The van der Waals surface area contributed by atoms with Gasteiger partial charge in [-0.2, -0.15) is 0 Å². The van der Waals surface area contributed by atoms with E-state index >= 15 is 0 Å². The number of benzene rings is 3. The number of carbonyl (C=O) groups is 1. The number of ether oxygens (including phenoxy) is 1. The average molecular weight is 404 g/mol. The molecule has 1 aliphatic rings. The van der Waals surface area contributed by atoms with Crippen molar-refractivity contribution >= 4 is 34.6 Å². The van der Waals surface area contributed by atoms with Crippen LogP contribution in [0, 0.1) is 5.82 Å². The van der Waals surface area contributed by atoms with E-state index in [0.29, 0.717) is 15.6 Å². The quantitative estimate of drug-likeness (QED) is 0.593. The Labute approximate surface area is 172 Å². The third-order valence-electron chi connectivity index (χ3n) is 4.35. The lowest BCUT2D eigenvalue weighted by Crippen LogP contribution is -2.19. The summed E-state index contributed by atoms with van der Waals surface area (Å²) in [7, 11) is 1.60. The van der Waals surface area contributed by atoms with E-state index in [4.69, 9.17) is 4.74 Å². The van der Waals surface area contributed by atoms with Crippen LogP contribution in [-0.2, 0) is 4.79 Å². The summed E-state index contributed by atoms with van der Waals surface area (Å²) in [5.74, 6) is 0.0591. The molecule has 1 N–H and O–H groups in total. The molecule has 0 bridgehead atoms. The molecule has 29 heavy (non-hydrogen) atoms. The fourth-order valence-electron chi connectivity index (χ4n) is 2.85. The smallest absolute Gasteiger partial charge is 0.264 e. The number of nitrogens with zero attached hydrogens (tertiary/aromatic N) is 1. The Morgan fingerprint density at radius 1 is 1.00 bits per heavy atom. The van der Waals surface area contributed by atoms with Gasteiger partial charge in [-0.05, 0) is 59.3 Å². The van der Waals surface area contributed by atoms with Gasteiger partial charge in [-0.3, -0.25) is 4.79 Å². The number of hydrogen-bond donors (Lipinski definition) is 1. The maximum Gasteiger partial charge on any atom is 0.264 e. The summed E-state index contributed by atoms with van der Waals surface area (Å²) in [6.07, 6.45) is 1.54. The highest BCUT2D eigenvalue weighted by Crippen LogP contribution is 2.30. The van der Waals surface area contributed by atoms with Gasteiger partial charge in [-0.25, -0.2) is 9.38 Å². The first-order chi connectivity index (χ1) is 14.1. The van der Waals surface area contributed by atoms with Crippen molar-refractivity contribution in [3.05, 3.63) is 89.1 Å². The van der Waals surface area contributed by atoms with E-state index in [9.17, 15) is 9.18 Å². The van der Waals surface area contributed by atoms with Gasteiger partial charge in [-0.1, -0.05) is 42.5 Å². The molecule has 6 heteroatoms. The second kappa shape index (κ2) is 8.32. The largest absolute Gasteiger partial charge is 0.497 e. The fraction of sp³-hybridized carbons (Fsp3) is 0.0435. The van der Waals surface area contributed by atoms with Crippen molar-refractivity contribution in [2.24, 2.45) is 4.99 Å². The number of carbonyl (C=O) groups excluding carboxylic acids is 1. The number of nitrogens with one attached hydrogen (secondary N) is 1. The molecule has 4 rings (SSSR count). The standard InChI is InChI=1S/C23H17FN2O2S/c1-28-19-11-9-15(10-12-19)16-7-8-17(20(24)13-16)14-21-22(27)26-23(29-21)25-18-5-3-2-4-6-18/h2-14H,1H3,(H,25,26,27)/b21-14+. The molecule has 3 aromatic carbocycles. The van der Waals surface area contributed by atoms with Crippen LogP contribution in [0.4, 0.5) is 10.1 Å². The van der Waals surface area contributed by atoms with Gasteiger partial charge in [0.05, 0.1) is 17.7 Å². The number of amidine groups is 1. The molecule has 0 unspecified atom stereocenters. The monoisotopic (exact) mass is 404 g/mol. The molecule has 0 radical (unpaired) electrons. The predicted molar refractivity (Wildman–Crippen MR) is 116 cm³/mol. The lowest BCUT2D eigenvalue weighted by atomic mass is 10.0. The number of hydrogen-bond acceptors (Lipinski definition) is 4. The number of thioether (sulfide) groups is 1. The summed E-state index contributed by atoms with van der Waals surface area (Å²) in [6.45, 7) is 0. The van der Waals surface area contributed by atoms with Gasteiger partial charge >= 0.3 is 0 Å². The zero-order chi connectivity index (χ0) is 20.2. The minimum Gasteiger partial charge on any atom is -0.497 e. The Kier molecular flexibility index (Phi) is 5.44. The zero-order valence-electron chi connectivity index (χ0n) is 15.6. The SMILES string of the molecule is COc1ccc(-c2ccc(/C=C3/SC(=Nc4ccccc4)NC3=O)c(F)c2)cc1. The van der Waals surface area contributed by atoms with E-state index in [-0.39, 0.29) is 5.91 Å². The molecule has 1 heterocycles. The normalized spacial score (nSPS) is 16.3. The molecular weight excluding hydrogens is 387 g/mol. The van der Waals surface area contributed by atoms with Crippen LogP contribution in [-0.4, -0.2) is 18.2 Å². The third-order valence-corrected chi connectivity index (χ3v) is 5.26. The van der Waals surface area contributed by atoms with Crippen LogP contribution in [0.25, 0.3) is 17.2 Å². The van der Waals surface area contributed by atoms with E-state index in [2.05, 4.69) is 10.3 Å². The van der Waals surface area contributed by atoms with Gasteiger partial charge in [0.25, 0.3) is 5.91 Å². The van der Waals surface area contributed by atoms with Gasteiger partial charge in [0, 0.05) is 5.56 Å². The van der Waals surface area contributed by atoms with Crippen LogP contribution in [0.1, 0.15) is 5.56 Å². The molecule has 0 aliphatic carbocycles. The number of rotatable bonds is 4. The Morgan fingerprint density at radius 3 is 2.41 bits per heavy atom. The van der Waals surface area contributed by atoms with E-state index in [1.54, 1.807) is 19.3 Å². The molecule has 0 aromatic heterocycles. The lowest BCUT2D eigenvalue weighted by Gasteiger charge is -2.06. The molecule has 0 atom stereocenters.